The summed E-state index contributed by atoms with van der Waals surface area (Å²) in [4.78, 5) is 24.6. The van der Waals surface area contributed by atoms with E-state index in [1.807, 2.05) is 0 Å². The monoisotopic (exact) mass is 343 g/mol. The molecule has 0 spiro atoms. The summed E-state index contributed by atoms with van der Waals surface area (Å²) < 4.78 is 19.2. The molecule has 2 aliphatic heterocycles. The number of nitro groups is 1. The summed E-state index contributed by atoms with van der Waals surface area (Å²) >= 11 is 0. The van der Waals surface area contributed by atoms with Gasteiger partial charge in [0.25, 0.3) is 5.69 Å². The summed E-state index contributed by atoms with van der Waals surface area (Å²) in [6.07, 6.45) is 0.407. The number of ether oxygens (including phenoxy) is 1. The van der Waals surface area contributed by atoms with Crippen LogP contribution in [0.25, 0.3) is 0 Å². The van der Waals surface area contributed by atoms with Gasteiger partial charge in [0.1, 0.15) is 11.6 Å². The highest BCUT2D eigenvalue weighted by molar-refractivity contribution is 5.94. The Bertz CT molecular complexity index is 886. The van der Waals surface area contributed by atoms with Crippen LogP contribution in [0.5, 0.6) is 5.75 Å². The summed E-state index contributed by atoms with van der Waals surface area (Å²) in [5, 5.41) is 13.8. The van der Waals surface area contributed by atoms with Crippen molar-refractivity contribution in [3.05, 3.63) is 64.0 Å². The molecule has 128 valence electrons. The Morgan fingerprint density at radius 2 is 2.04 bits per heavy atom. The average Bonchev–Trinajstić information content (AvgIpc) is 2.55. The molecule has 4 rings (SSSR count). The molecule has 1 saturated heterocycles. The molecule has 2 bridgehead atoms. The van der Waals surface area contributed by atoms with Crippen molar-refractivity contribution in [2.45, 2.75) is 25.1 Å². The zero-order valence-corrected chi connectivity index (χ0v) is 13.2. The SMILES string of the molecule is C[C@@]12C[C@H](NC(=O)N1c1ccc(F)cc1)c1cc([N+](=O)[O-])ccc1O2. The number of halogens is 1. The molecule has 2 heterocycles. The predicted octanol–water partition coefficient (Wildman–Crippen LogP) is 3.50. The number of non-ortho nitro benzene ring substituents is 1. The number of benzene rings is 2. The molecule has 0 unspecified atom stereocenters. The molecule has 1 fully saturated rings. The number of nitrogens with one attached hydrogen (secondary N) is 1. The van der Waals surface area contributed by atoms with Crippen LogP contribution >= 0.6 is 0 Å². The Morgan fingerprint density at radius 1 is 1.32 bits per heavy atom. The number of rotatable bonds is 2. The van der Waals surface area contributed by atoms with E-state index >= 15 is 0 Å². The van der Waals surface area contributed by atoms with Crippen LogP contribution in [-0.4, -0.2) is 16.7 Å². The largest absolute Gasteiger partial charge is 0.467 e. The molecule has 0 saturated carbocycles. The third-order valence-corrected chi connectivity index (χ3v) is 4.55. The Labute approximate surface area is 142 Å². The number of amides is 2. The summed E-state index contributed by atoms with van der Waals surface area (Å²) in [6, 6.07) is 9.11. The van der Waals surface area contributed by atoms with Crippen LogP contribution in [0.15, 0.2) is 42.5 Å². The van der Waals surface area contributed by atoms with Gasteiger partial charge >= 0.3 is 6.03 Å². The zero-order chi connectivity index (χ0) is 17.8. The van der Waals surface area contributed by atoms with E-state index in [9.17, 15) is 19.3 Å². The Kier molecular flexibility index (Phi) is 3.18. The number of anilines is 1. The smallest absolute Gasteiger partial charge is 0.325 e. The van der Waals surface area contributed by atoms with Crippen LogP contribution < -0.4 is 15.0 Å². The fourth-order valence-corrected chi connectivity index (χ4v) is 3.46. The maximum atomic E-state index is 13.2. The molecule has 0 aromatic heterocycles. The summed E-state index contributed by atoms with van der Waals surface area (Å²) in [5.41, 5.74) is 0.0543. The third-order valence-electron chi connectivity index (χ3n) is 4.55. The maximum absolute atomic E-state index is 13.2. The van der Waals surface area contributed by atoms with E-state index in [4.69, 9.17) is 4.74 Å². The third kappa shape index (κ3) is 2.37. The first-order valence-corrected chi connectivity index (χ1v) is 7.71. The minimum Gasteiger partial charge on any atom is -0.467 e. The maximum Gasteiger partial charge on any atom is 0.325 e. The van der Waals surface area contributed by atoms with Gasteiger partial charge in [-0.3, -0.25) is 15.0 Å². The molecular weight excluding hydrogens is 329 g/mol. The number of urea groups is 1. The number of carbonyl (C=O) groups excluding carboxylic acids is 1. The zero-order valence-electron chi connectivity index (χ0n) is 13.2. The van der Waals surface area contributed by atoms with Gasteiger partial charge in [0.15, 0.2) is 5.72 Å². The molecule has 2 aromatic carbocycles. The molecule has 2 atom stereocenters. The van der Waals surface area contributed by atoms with Crippen molar-refractivity contribution >= 4 is 17.4 Å². The highest BCUT2D eigenvalue weighted by Gasteiger charge is 2.50. The van der Waals surface area contributed by atoms with E-state index in [2.05, 4.69) is 5.32 Å². The lowest BCUT2D eigenvalue weighted by molar-refractivity contribution is -0.385. The molecule has 25 heavy (non-hydrogen) atoms. The molecule has 0 aliphatic carbocycles. The van der Waals surface area contributed by atoms with E-state index in [0.717, 1.165) is 0 Å². The van der Waals surface area contributed by atoms with Crippen molar-refractivity contribution in [3.8, 4) is 5.75 Å². The summed E-state index contributed by atoms with van der Waals surface area (Å²) in [5.74, 6) is 0.0860. The Balaban J connectivity index is 1.77. The minimum absolute atomic E-state index is 0.0545. The van der Waals surface area contributed by atoms with E-state index in [1.54, 1.807) is 6.92 Å². The molecule has 0 radical (unpaired) electrons. The van der Waals surface area contributed by atoms with Gasteiger partial charge in [-0.25, -0.2) is 9.18 Å². The first kappa shape index (κ1) is 15.4. The van der Waals surface area contributed by atoms with E-state index in [-0.39, 0.29) is 5.69 Å². The molecule has 8 heteroatoms. The molecule has 1 N–H and O–H groups in total. The van der Waals surface area contributed by atoms with Crippen LogP contribution in [-0.2, 0) is 0 Å². The van der Waals surface area contributed by atoms with Gasteiger partial charge in [0.2, 0.25) is 0 Å². The lowest BCUT2D eigenvalue weighted by Crippen LogP contribution is -2.65. The van der Waals surface area contributed by atoms with Gasteiger partial charge in [0.05, 0.1) is 11.0 Å². The Hall–Kier alpha value is -3.16. The van der Waals surface area contributed by atoms with E-state index in [1.165, 1.54) is 47.4 Å². The number of nitrogens with zero attached hydrogens (tertiary/aromatic N) is 2. The molecule has 2 aliphatic rings. The van der Waals surface area contributed by atoms with Crippen molar-refractivity contribution in [3.63, 3.8) is 0 Å². The number of hydrogen-bond donors (Lipinski definition) is 1. The lowest BCUT2D eigenvalue weighted by Gasteiger charge is -2.50. The first-order valence-electron chi connectivity index (χ1n) is 7.71. The fraction of sp³-hybridized carbons (Fsp3) is 0.235. The molecule has 2 aromatic rings. The van der Waals surface area contributed by atoms with Gasteiger partial charge in [0, 0.05) is 29.8 Å². The quantitative estimate of drug-likeness (QED) is 0.668. The van der Waals surface area contributed by atoms with Crippen LogP contribution in [0, 0.1) is 15.9 Å². The standard InChI is InChI=1S/C17H14FN3O4/c1-17-9-14(13-8-12(21(23)24)6-7-15(13)25-17)19-16(22)20(17)11-4-2-10(18)3-5-11/h2-8,14H,9H2,1H3,(H,19,22)/t14-,17+/m0/s1. The predicted molar refractivity (Wildman–Crippen MR) is 86.9 cm³/mol. The van der Waals surface area contributed by atoms with Gasteiger partial charge in [-0.1, -0.05) is 0 Å². The highest BCUT2D eigenvalue weighted by Crippen LogP contribution is 2.46. The normalized spacial score (nSPS) is 24.2. The number of fused-ring (bicyclic) bond motifs is 4. The van der Waals surface area contributed by atoms with E-state index < -0.39 is 28.5 Å². The number of carbonyl (C=O) groups is 1. The van der Waals surface area contributed by atoms with Crippen molar-refractivity contribution in [1.29, 1.82) is 0 Å². The highest BCUT2D eigenvalue weighted by atomic mass is 19.1. The second kappa shape index (κ2) is 5.17. The van der Waals surface area contributed by atoms with E-state index in [0.29, 0.717) is 23.4 Å². The fourth-order valence-electron chi connectivity index (χ4n) is 3.46. The first-order chi connectivity index (χ1) is 11.9. The lowest BCUT2D eigenvalue weighted by atomic mass is 9.90. The van der Waals surface area contributed by atoms with Gasteiger partial charge in [-0.05, 0) is 37.3 Å². The van der Waals surface area contributed by atoms with Crippen LogP contribution in [0.4, 0.5) is 20.6 Å². The van der Waals surface area contributed by atoms with Crippen molar-refractivity contribution in [1.82, 2.24) is 5.32 Å². The second-order valence-corrected chi connectivity index (χ2v) is 6.27. The second-order valence-electron chi connectivity index (χ2n) is 6.27. The summed E-state index contributed by atoms with van der Waals surface area (Å²) in [7, 11) is 0. The topological polar surface area (TPSA) is 84.7 Å². The molecule has 2 amide bonds. The van der Waals surface area contributed by atoms with Crippen LogP contribution in [0.3, 0.4) is 0 Å². The van der Waals surface area contributed by atoms with Gasteiger partial charge in [-0.15, -0.1) is 0 Å². The number of hydrogen-bond acceptors (Lipinski definition) is 4. The van der Waals surface area contributed by atoms with Gasteiger partial charge < -0.3 is 10.1 Å². The van der Waals surface area contributed by atoms with Crippen LogP contribution in [0.2, 0.25) is 0 Å². The average molecular weight is 343 g/mol. The molecule has 7 nitrogen and oxygen atoms in total. The Morgan fingerprint density at radius 3 is 2.72 bits per heavy atom. The molecular formula is C17H14FN3O4. The number of nitro benzene ring substituents is 1. The summed E-state index contributed by atoms with van der Waals surface area (Å²) in [6.45, 7) is 1.77. The van der Waals surface area contributed by atoms with Crippen LogP contribution in [0.1, 0.15) is 24.9 Å². The van der Waals surface area contributed by atoms with Crippen molar-refractivity contribution < 1.29 is 18.8 Å². The van der Waals surface area contributed by atoms with Crippen molar-refractivity contribution in [2.24, 2.45) is 0 Å². The van der Waals surface area contributed by atoms with Crippen molar-refractivity contribution in [2.75, 3.05) is 4.90 Å². The minimum atomic E-state index is -0.978. The van der Waals surface area contributed by atoms with Gasteiger partial charge in [-0.2, -0.15) is 0 Å².